The summed E-state index contributed by atoms with van der Waals surface area (Å²) in [6, 6.07) is 13.2. The number of pyridine rings is 1. The van der Waals surface area contributed by atoms with Crippen molar-refractivity contribution in [1.82, 2.24) is 9.97 Å². The molecule has 2 heterocycles. The number of nitrogens with zero attached hydrogens (tertiary/aromatic N) is 3. The van der Waals surface area contributed by atoms with Crippen molar-refractivity contribution in [1.29, 1.82) is 5.41 Å². The van der Waals surface area contributed by atoms with E-state index in [0.29, 0.717) is 16.4 Å². The molecule has 8 heteroatoms. The number of carbonyl (C=O) groups excluding carboxylic acids is 1. The van der Waals surface area contributed by atoms with Gasteiger partial charge in [-0.1, -0.05) is 30.3 Å². The summed E-state index contributed by atoms with van der Waals surface area (Å²) in [7, 11) is 0. The first-order chi connectivity index (χ1) is 12.6. The largest absolute Gasteiger partial charge is 0.382 e. The van der Waals surface area contributed by atoms with Gasteiger partial charge in [0, 0.05) is 24.2 Å². The molecule has 0 atom stereocenters. The number of thiazole rings is 1. The first kappa shape index (κ1) is 17.4. The summed E-state index contributed by atoms with van der Waals surface area (Å²) >= 11 is 1.37. The predicted octanol–water partition coefficient (Wildman–Crippen LogP) is 3.14. The fourth-order valence-corrected chi connectivity index (χ4v) is 3.34. The summed E-state index contributed by atoms with van der Waals surface area (Å²) in [5, 5.41) is 10.5. The Kier molecular flexibility index (Phi) is 5.14. The molecule has 4 N–H and O–H groups in total. The van der Waals surface area contributed by atoms with Gasteiger partial charge in [0.25, 0.3) is 0 Å². The Morgan fingerprint density at radius 3 is 2.73 bits per heavy atom. The number of carbonyl (C=O) groups is 1. The minimum absolute atomic E-state index is 0.193. The van der Waals surface area contributed by atoms with E-state index < -0.39 is 0 Å². The van der Waals surface area contributed by atoms with Crippen molar-refractivity contribution >= 4 is 35.2 Å². The lowest BCUT2D eigenvalue weighted by Crippen LogP contribution is -2.12. The van der Waals surface area contributed by atoms with Crippen LogP contribution in [0.25, 0.3) is 21.8 Å². The lowest BCUT2D eigenvalue weighted by molar-refractivity contribution is -0.114. The fraction of sp³-hybridized carbons (Fsp3) is 0.0556. The third kappa shape index (κ3) is 3.81. The first-order valence-electron chi connectivity index (χ1n) is 7.71. The van der Waals surface area contributed by atoms with Crippen molar-refractivity contribution < 1.29 is 4.79 Å². The number of rotatable bonds is 5. The van der Waals surface area contributed by atoms with Gasteiger partial charge in [0.05, 0.1) is 10.6 Å². The number of amides is 1. The zero-order chi connectivity index (χ0) is 18.5. The number of hydrogen-bond donors (Lipinski definition) is 3. The molecule has 0 bridgehead atoms. The second-order valence-electron chi connectivity index (χ2n) is 5.32. The molecule has 26 heavy (non-hydrogen) atoms. The highest BCUT2D eigenvalue weighted by molar-refractivity contribution is 7.17. The smallest absolute Gasteiger partial charge is 0.222 e. The summed E-state index contributed by atoms with van der Waals surface area (Å²) in [6.07, 6.45) is 2.52. The van der Waals surface area contributed by atoms with Crippen LogP contribution in [0.4, 0.5) is 5.82 Å². The Balaban J connectivity index is 2.11. The molecule has 0 aliphatic carbocycles. The van der Waals surface area contributed by atoms with E-state index in [1.165, 1.54) is 18.3 Å². The molecule has 1 aromatic carbocycles. The van der Waals surface area contributed by atoms with Gasteiger partial charge in [-0.2, -0.15) is 0 Å². The SMILES string of the molecule is CC(=O)Nc1cc(-c2nc(-c3ccccc3)c(C(N)=NC=N)s2)ccn1. The monoisotopic (exact) mass is 364 g/mol. The van der Waals surface area contributed by atoms with Gasteiger partial charge in [-0.05, 0) is 12.1 Å². The molecule has 0 saturated carbocycles. The van der Waals surface area contributed by atoms with Crippen molar-refractivity contribution in [2.24, 2.45) is 10.7 Å². The Labute approximate surface area is 154 Å². The van der Waals surface area contributed by atoms with Gasteiger partial charge in [-0.15, -0.1) is 11.3 Å². The van der Waals surface area contributed by atoms with Gasteiger partial charge in [0.2, 0.25) is 5.91 Å². The average Bonchev–Trinajstić information content (AvgIpc) is 3.08. The number of nitrogens with one attached hydrogen (secondary N) is 2. The summed E-state index contributed by atoms with van der Waals surface area (Å²) in [5.41, 5.74) is 8.44. The number of nitrogens with two attached hydrogens (primary N) is 1. The van der Waals surface area contributed by atoms with Crippen molar-refractivity contribution in [3.63, 3.8) is 0 Å². The van der Waals surface area contributed by atoms with Crippen LogP contribution in [0.15, 0.2) is 53.7 Å². The highest BCUT2D eigenvalue weighted by Crippen LogP contribution is 2.34. The van der Waals surface area contributed by atoms with Crippen LogP contribution < -0.4 is 11.1 Å². The number of anilines is 1. The molecule has 7 nitrogen and oxygen atoms in total. The molecule has 3 rings (SSSR count). The van der Waals surface area contributed by atoms with Crippen LogP contribution in [0.5, 0.6) is 0 Å². The van der Waals surface area contributed by atoms with E-state index in [2.05, 4.69) is 15.3 Å². The molecular formula is C18H16N6OS. The van der Waals surface area contributed by atoms with Crippen molar-refractivity contribution in [2.75, 3.05) is 5.32 Å². The predicted molar refractivity (Wildman–Crippen MR) is 105 cm³/mol. The minimum atomic E-state index is -0.193. The van der Waals surface area contributed by atoms with E-state index in [1.807, 2.05) is 36.4 Å². The van der Waals surface area contributed by atoms with Crippen LogP contribution in [-0.2, 0) is 4.79 Å². The topological polar surface area (TPSA) is 117 Å². The lowest BCUT2D eigenvalue weighted by Gasteiger charge is -2.02. The maximum atomic E-state index is 11.2. The first-order valence-corrected chi connectivity index (χ1v) is 8.53. The molecule has 1 amide bonds. The van der Waals surface area contributed by atoms with Gasteiger partial charge < -0.3 is 11.1 Å². The minimum Gasteiger partial charge on any atom is -0.382 e. The second kappa shape index (κ2) is 7.66. The van der Waals surface area contributed by atoms with E-state index in [-0.39, 0.29) is 11.7 Å². The zero-order valence-electron chi connectivity index (χ0n) is 13.9. The number of hydrogen-bond acceptors (Lipinski definition) is 5. The summed E-state index contributed by atoms with van der Waals surface area (Å²) in [6.45, 7) is 1.43. The molecular weight excluding hydrogens is 348 g/mol. The Hall–Kier alpha value is -3.39. The summed E-state index contributed by atoms with van der Waals surface area (Å²) < 4.78 is 0. The van der Waals surface area contributed by atoms with Crippen molar-refractivity contribution in [2.45, 2.75) is 6.92 Å². The van der Waals surface area contributed by atoms with Crippen LogP contribution in [0.1, 0.15) is 11.8 Å². The van der Waals surface area contributed by atoms with E-state index in [4.69, 9.17) is 16.1 Å². The molecule has 0 aliphatic rings. The van der Waals surface area contributed by atoms with Gasteiger partial charge >= 0.3 is 0 Å². The summed E-state index contributed by atoms with van der Waals surface area (Å²) in [5.74, 6) is 0.495. The second-order valence-corrected chi connectivity index (χ2v) is 6.32. The Morgan fingerprint density at radius 2 is 2.04 bits per heavy atom. The number of aliphatic imine (C=N–C) groups is 1. The van der Waals surface area contributed by atoms with Crippen molar-refractivity contribution in [3.8, 4) is 21.8 Å². The quantitative estimate of drug-likeness (QED) is 0.476. The maximum Gasteiger partial charge on any atom is 0.222 e. The molecule has 3 aromatic rings. The third-order valence-electron chi connectivity index (χ3n) is 3.42. The zero-order valence-corrected chi connectivity index (χ0v) is 14.7. The Bertz CT molecular complexity index is 980. The molecule has 0 radical (unpaired) electrons. The van der Waals surface area contributed by atoms with Crippen molar-refractivity contribution in [3.05, 3.63) is 53.5 Å². The molecule has 2 aromatic heterocycles. The highest BCUT2D eigenvalue weighted by atomic mass is 32.1. The summed E-state index contributed by atoms with van der Waals surface area (Å²) in [4.78, 5) is 24.7. The molecule has 0 saturated heterocycles. The van der Waals surface area contributed by atoms with Gasteiger partial charge in [0.1, 0.15) is 23.0 Å². The number of benzene rings is 1. The molecule has 0 spiro atoms. The normalized spacial score (nSPS) is 11.2. The molecule has 0 unspecified atom stereocenters. The van der Waals surface area contributed by atoms with Crippen LogP contribution in [-0.4, -0.2) is 28.0 Å². The van der Waals surface area contributed by atoms with E-state index in [0.717, 1.165) is 22.5 Å². The van der Waals surface area contributed by atoms with Crippen LogP contribution in [0, 0.1) is 5.41 Å². The Morgan fingerprint density at radius 1 is 1.27 bits per heavy atom. The van der Waals surface area contributed by atoms with E-state index in [1.54, 1.807) is 12.3 Å². The average molecular weight is 364 g/mol. The number of amidine groups is 1. The van der Waals surface area contributed by atoms with Gasteiger partial charge in [-0.25, -0.2) is 15.0 Å². The standard InChI is InChI=1S/C18H16N6OS/c1-11(25)23-14-9-13(7-8-21-14)18-24-15(12-5-3-2-4-6-12)16(26-18)17(20)22-10-19/h2-10H,1H3,(H3,19,20,22)(H,21,23,25). The molecule has 0 fully saturated rings. The third-order valence-corrected chi connectivity index (χ3v) is 4.55. The van der Waals surface area contributed by atoms with Crippen LogP contribution >= 0.6 is 11.3 Å². The van der Waals surface area contributed by atoms with Gasteiger partial charge in [-0.3, -0.25) is 10.2 Å². The number of aromatic nitrogens is 2. The highest BCUT2D eigenvalue weighted by Gasteiger charge is 2.17. The fourth-order valence-electron chi connectivity index (χ4n) is 2.35. The van der Waals surface area contributed by atoms with Crippen LogP contribution in [0.2, 0.25) is 0 Å². The molecule has 130 valence electrons. The van der Waals surface area contributed by atoms with Crippen LogP contribution in [0.3, 0.4) is 0 Å². The molecule has 0 aliphatic heterocycles. The van der Waals surface area contributed by atoms with Gasteiger partial charge in [0.15, 0.2) is 0 Å². The lowest BCUT2D eigenvalue weighted by atomic mass is 10.1. The van der Waals surface area contributed by atoms with E-state index >= 15 is 0 Å². The van der Waals surface area contributed by atoms with E-state index in [9.17, 15) is 4.79 Å². The maximum absolute atomic E-state index is 11.2.